The summed E-state index contributed by atoms with van der Waals surface area (Å²) in [6, 6.07) is 1.74. The first kappa shape index (κ1) is 15.3. The number of hydrogen-bond donors (Lipinski definition) is 0. The van der Waals surface area contributed by atoms with Gasteiger partial charge >= 0.3 is 0 Å². The molecular formula is C15H22ClN3O. The third-order valence-corrected chi connectivity index (χ3v) is 4.06. The van der Waals surface area contributed by atoms with Crippen molar-refractivity contribution in [2.24, 2.45) is 5.92 Å². The van der Waals surface area contributed by atoms with Gasteiger partial charge in [0.25, 0.3) is 5.91 Å². The van der Waals surface area contributed by atoms with Crippen LogP contribution >= 0.6 is 11.6 Å². The van der Waals surface area contributed by atoms with E-state index in [-0.39, 0.29) is 5.91 Å². The van der Waals surface area contributed by atoms with Crippen molar-refractivity contribution in [3.63, 3.8) is 0 Å². The molecular weight excluding hydrogens is 274 g/mol. The zero-order chi connectivity index (χ0) is 14.7. The molecule has 0 saturated carbocycles. The van der Waals surface area contributed by atoms with Crippen molar-refractivity contribution in [1.82, 2.24) is 14.8 Å². The van der Waals surface area contributed by atoms with E-state index in [4.69, 9.17) is 11.6 Å². The van der Waals surface area contributed by atoms with Crippen LogP contribution in [-0.4, -0.2) is 54.4 Å². The third kappa shape index (κ3) is 3.70. The van der Waals surface area contributed by atoms with Gasteiger partial charge in [-0.25, -0.2) is 0 Å². The van der Waals surface area contributed by atoms with E-state index in [1.807, 2.05) is 11.8 Å². The fraction of sp³-hybridized carbons (Fsp3) is 0.600. The molecule has 1 aromatic heterocycles. The first-order chi connectivity index (χ1) is 9.47. The molecule has 0 aromatic carbocycles. The summed E-state index contributed by atoms with van der Waals surface area (Å²) in [6.45, 7) is 4.57. The molecule has 0 N–H and O–H groups in total. The molecule has 1 aromatic rings. The van der Waals surface area contributed by atoms with E-state index in [9.17, 15) is 4.79 Å². The summed E-state index contributed by atoms with van der Waals surface area (Å²) in [5.74, 6) is 0.687. The van der Waals surface area contributed by atoms with Crippen molar-refractivity contribution < 1.29 is 4.79 Å². The van der Waals surface area contributed by atoms with Gasteiger partial charge in [0.05, 0.1) is 10.6 Å². The van der Waals surface area contributed by atoms with Crippen LogP contribution in [0.15, 0.2) is 12.3 Å². The SMILES string of the molecule is Cc1cc(Cl)c(C(=O)N2CCC(CN(C)C)CC2)cn1. The van der Waals surface area contributed by atoms with E-state index < -0.39 is 0 Å². The second kappa shape index (κ2) is 6.55. The molecule has 1 saturated heterocycles. The van der Waals surface area contributed by atoms with Crippen LogP contribution in [0.3, 0.4) is 0 Å². The van der Waals surface area contributed by atoms with Gasteiger partial charge in [-0.2, -0.15) is 0 Å². The Hall–Kier alpha value is -1.13. The Morgan fingerprint density at radius 1 is 1.45 bits per heavy atom. The molecule has 2 rings (SSSR count). The van der Waals surface area contributed by atoms with Gasteiger partial charge in [0.15, 0.2) is 0 Å². The van der Waals surface area contributed by atoms with Gasteiger partial charge in [-0.1, -0.05) is 11.6 Å². The van der Waals surface area contributed by atoms with Gasteiger partial charge in [0.2, 0.25) is 0 Å². The maximum atomic E-state index is 12.5. The molecule has 0 aliphatic carbocycles. The molecule has 0 radical (unpaired) electrons. The Bertz CT molecular complexity index is 482. The summed E-state index contributed by atoms with van der Waals surface area (Å²) in [5.41, 5.74) is 1.35. The lowest BCUT2D eigenvalue weighted by atomic mass is 9.96. The van der Waals surface area contributed by atoms with Crippen molar-refractivity contribution in [3.8, 4) is 0 Å². The fourth-order valence-electron chi connectivity index (χ4n) is 2.69. The Labute approximate surface area is 125 Å². The number of pyridine rings is 1. The van der Waals surface area contributed by atoms with Crippen LogP contribution in [0.1, 0.15) is 28.9 Å². The highest BCUT2D eigenvalue weighted by Crippen LogP contribution is 2.22. The highest BCUT2D eigenvalue weighted by Gasteiger charge is 2.25. The number of nitrogens with zero attached hydrogens (tertiary/aromatic N) is 3. The summed E-state index contributed by atoms with van der Waals surface area (Å²) in [7, 11) is 4.19. The third-order valence-electron chi connectivity index (χ3n) is 3.75. The summed E-state index contributed by atoms with van der Waals surface area (Å²) in [4.78, 5) is 20.7. The normalized spacial score (nSPS) is 16.8. The molecule has 1 amide bonds. The molecule has 2 heterocycles. The molecule has 0 unspecified atom stereocenters. The monoisotopic (exact) mass is 295 g/mol. The van der Waals surface area contributed by atoms with Crippen LogP contribution < -0.4 is 0 Å². The summed E-state index contributed by atoms with van der Waals surface area (Å²) < 4.78 is 0. The van der Waals surface area contributed by atoms with Gasteiger partial charge in [-0.15, -0.1) is 0 Å². The minimum Gasteiger partial charge on any atom is -0.339 e. The Morgan fingerprint density at radius 2 is 2.10 bits per heavy atom. The smallest absolute Gasteiger partial charge is 0.256 e. The van der Waals surface area contributed by atoms with E-state index in [1.54, 1.807) is 12.3 Å². The van der Waals surface area contributed by atoms with E-state index in [2.05, 4.69) is 24.0 Å². The maximum Gasteiger partial charge on any atom is 0.256 e. The van der Waals surface area contributed by atoms with Gasteiger partial charge in [0.1, 0.15) is 0 Å². The zero-order valence-corrected chi connectivity index (χ0v) is 13.2. The largest absolute Gasteiger partial charge is 0.339 e. The topological polar surface area (TPSA) is 36.4 Å². The van der Waals surface area contributed by atoms with Gasteiger partial charge in [-0.05, 0) is 45.8 Å². The Kier molecular flexibility index (Phi) is 5.00. The minimum atomic E-state index is 0.00537. The van der Waals surface area contributed by atoms with Crippen LogP contribution in [0.2, 0.25) is 5.02 Å². The van der Waals surface area contributed by atoms with Gasteiger partial charge < -0.3 is 9.80 Å². The predicted molar refractivity (Wildman–Crippen MR) is 81.2 cm³/mol. The molecule has 1 aliphatic rings. The first-order valence-electron chi connectivity index (χ1n) is 7.03. The first-order valence-corrected chi connectivity index (χ1v) is 7.41. The summed E-state index contributed by atoms with van der Waals surface area (Å²) in [5, 5.41) is 0.498. The average Bonchev–Trinajstić information content (AvgIpc) is 2.38. The number of likely N-dealkylation sites (tertiary alicyclic amines) is 1. The predicted octanol–water partition coefficient (Wildman–Crippen LogP) is 2.46. The Morgan fingerprint density at radius 3 is 2.65 bits per heavy atom. The number of carbonyl (C=O) groups is 1. The number of halogens is 1. The number of piperidine rings is 1. The quantitative estimate of drug-likeness (QED) is 0.859. The number of rotatable bonds is 3. The summed E-state index contributed by atoms with van der Waals surface area (Å²) >= 11 is 6.15. The molecule has 4 nitrogen and oxygen atoms in total. The van der Waals surface area contributed by atoms with Crippen LogP contribution in [0, 0.1) is 12.8 Å². The molecule has 0 atom stereocenters. The van der Waals surface area contributed by atoms with Crippen LogP contribution in [0.5, 0.6) is 0 Å². The lowest BCUT2D eigenvalue weighted by molar-refractivity contribution is 0.0678. The lowest BCUT2D eigenvalue weighted by Crippen LogP contribution is -2.40. The number of carbonyl (C=O) groups excluding carboxylic acids is 1. The minimum absolute atomic E-state index is 0.00537. The molecule has 20 heavy (non-hydrogen) atoms. The number of aryl methyl sites for hydroxylation is 1. The average molecular weight is 296 g/mol. The highest BCUT2D eigenvalue weighted by molar-refractivity contribution is 6.33. The maximum absolute atomic E-state index is 12.5. The van der Waals surface area contributed by atoms with Crippen LogP contribution in [0.4, 0.5) is 0 Å². The fourth-order valence-corrected chi connectivity index (χ4v) is 2.98. The number of amides is 1. The Balaban J connectivity index is 1.98. The molecule has 1 fully saturated rings. The van der Waals surface area contributed by atoms with Crippen molar-refractivity contribution in [2.75, 3.05) is 33.7 Å². The van der Waals surface area contributed by atoms with Gasteiger partial charge in [0, 0.05) is 31.5 Å². The summed E-state index contributed by atoms with van der Waals surface area (Å²) in [6.07, 6.45) is 3.70. The molecule has 110 valence electrons. The van der Waals surface area contributed by atoms with Crippen molar-refractivity contribution in [2.45, 2.75) is 19.8 Å². The second-order valence-corrected chi connectivity index (χ2v) is 6.21. The zero-order valence-electron chi connectivity index (χ0n) is 12.4. The van der Waals surface area contributed by atoms with Crippen molar-refractivity contribution in [1.29, 1.82) is 0 Å². The molecule has 0 bridgehead atoms. The van der Waals surface area contributed by atoms with Crippen LogP contribution in [-0.2, 0) is 0 Å². The van der Waals surface area contributed by atoms with E-state index in [1.165, 1.54) is 0 Å². The molecule has 1 aliphatic heterocycles. The van der Waals surface area contributed by atoms with Crippen LogP contribution in [0.25, 0.3) is 0 Å². The highest BCUT2D eigenvalue weighted by atomic mass is 35.5. The standard InChI is InChI=1S/C15H22ClN3O/c1-11-8-14(16)13(9-17-11)15(20)19-6-4-12(5-7-19)10-18(2)3/h8-9,12H,4-7,10H2,1-3H3. The van der Waals surface area contributed by atoms with Gasteiger partial charge in [-0.3, -0.25) is 9.78 Å². The molecule has 5 heteroatoms. The van der Waals surface area contributed by atoms with Crippen molar-refractivity contribution >= 4 is 17.5 Å². The number of hydrogen-bond acceptors (Lipinski definition) is 3. The van der Waals surface area contributed by atoms with E-state index in [0.717, 1.165) is 38.2 Å². The molecule has 0 spiro atoms. The van der Waals surface area contributed by atoms with E-state index in [0.29, 0.717) is 16.5 Å². The lowest BCUT2D eigenvalue weighted by Gasteiger charge is -2.33. The van der Waals surface area contributed by atoms with E-state index >= 15 is 0 Å². The second-order valence-electron chi connectivity index (χ2n) is 5.80. The number of aromatic nitrogens is 1. The van der Waals surface area contributed by atoms with Crippen molar-refractivity contribution in [3.05, 3.63) is 28.5 Å².